The van der Waals surface area contributed by atoms with E-state index in [1.54, 1.807) is 0 Å². The van der Waals surface area contributed by atoms with Gasteiger partial charge in [0.2, 0.25) is 0 Å². The Bertz CT molecular complexity index is 410. The van der Waals surface area contributed by atoms with Crippen LogP contribution in [-0.4, -0.2) is 30.9 Å². The fraction of sp³-hybridized carbons (Fsp3) is 0.571. The summed E-state index contributed by atoms with van der Waals surface area (Å²) < 4.78 is 43.0. The van der Waals surface area contributed by atoms with Gasteiger partial charge in [-0.05, 0) is 31.5 Å². The van der Waals surface area contributed by atoms with Crippen LogP contribution >= 0.6 is 0 Å². The Hall–Kier alpha value is -1.11. The van der Waals surface area contributed by atoms with Crippen LogP contribution in [0, 0.1) is 0 Å². The van der Waals surface area contributed by atoms with Crippen molar-refractivity contribution in [3.05, 3.63) is 35.4 Å². The van der Waals surface area contributed by atoms with Crippen molar-refractivity contribution < 1.29 is 23.0 Å². The molecule has 0 saturated carbocycles. The van der Waals surface area contributed by atoms with Gasteiger partial charge < -0.3 is 15.2 Å². The molecule has 1 aromatic carbocycles. The van der Waals surface area contributed by atoms with Gasteiger partial charge in [-0.3, -0.25) is 0 Å². The van der Waals surface area contributed by atoms with Gasteiger partial charge in [-0.2, -0.15) is 13.2 Å². The molecule has 0 aliphatic heterocycles. The summed E-state index contributed by atoms with van der Waals surface area (Å²) in [6.45, 7) is 5.07. The number of halogens is 3. The maximum atomic E-state index is 12.6. The van der Waals surface area contributed by atoms with Crippen LogP contribution in [0.2, 0.25) is 0 Å². The lowest BCUT2D eigenvalue weighted by atomic mass is 10.1. The second-order valence-electron chi connectivity index (χ2n) is 4.56. The third-order valence-electron chi connectivity index (χ3n) is 2.82. The van der Waals surface area contributed by atoms with Crippen molar-refractivity contribution in [2.24, 2.45) is 0 Å². The number of hydrogen-bond acceptors (Lipinski definition) is 3. The van der Waals surface area contributed by atoms with Gasteiger partial charge in [-0.15, -0.1) is 0 Å². The molecule has 0 aliphatic carbocycles. The van der Waals surface area contributed by atoms with E-state index in [9.17, 15) is 18.3 Å². The van der Waals surface area contributed by atoms with E-state index in [0.29, 0.717) is 13.2 Å². The largest absolute Gasteiger partial charge is 0.416 e. The molecule has 2 atom stereocenters. The fourth-order valence-corrected chi connectivity index (χ4v) is 1.81. The number of aliphatic hydroxyl groups excluding tert-OH is 1. The molecule has 2 unspecified atom stereocenters. The number of ether oxygens (including phenoxy) is 1. The van der Waals surface area contributed by atoms with Crippen LogP contribution < -0.4 is 5.32 Å². The smallest absolute Gasteiger partial charge is 0.387 e. The Balaban J connectivity index is 2.53. The zero-order chi connectivity index (χ0) is 15.2. The third kappa shape index (κ3) is 5.48. The predicted octanol–water partition coefficient (Wildman–Crippen LogP) is 2.75. The molecule has 0 spiro atoms. The lowest BCUT2D eigenvalue weighted by Crippen LogP contribution is -2.30. The maximum Gasteiger partial charge on any atom is 0.416 e. The molecule has 1 rings (SSSR count). The van der Waals surface area contributed by atoms with E-state index >= 15 is 0 Å². The second-order valence-corrected chi connectivity index (χ2v) is 4.56. The average molecular weight is 291 g/mol. The van der Waals surface area contributed by atoms with Crippen LogP contribution in [0.25, 0.3) is 0 Å². The lowest BCUT2D eigenvalue weighted by Gasteiger charge is -2.16. The molecule has 0 fully saturated rings. The topological polar surface area (TPSA) is 41.5 Å². The van der Waals surface area contributed by atoms with Crippen LogP contribution in [0.4, 0.5) is 13.2 Å². The quantitative estimate of drug-likeness (QED) is 0.811. The van der Waals surface area contributed by atoms with Gasteiger partial charge in [-0.1, -0.05) is 12.1 Å². The standard InChI is InChI=1S/C14H20F3NO2/c1-3-20-10(2)8-18-9-13(19)11-5-4-6-12(7-11)14(15,16)17/h4-7,10,13,18-19H,3,8-9H2,1-2H3. The SMILES string of the molecule is CCOC(C)CNCC(O)c1cccc(C(F)(F)F)c1. The Morgan fingerprint density at radius 3 is 2.60 bits per heavy atom. The number of nitrogens with one attached hydrogen (secondary N) is 1. The summed E-state index contributed by atoms with van der Waals surface area (Å²) in [6, 6.07) is 4.73. The van der Waals surface area contributed by atoms with Gasteiger partial charge in [0.05, 0.1) is 17.8 Å². The number of hydrogen-bond donors (Lipinski definition) is 2. The van der Waals surface area contributed by atoms with Crippen molar-refractivity contribution in [1.82, 2.24) is 5.32 Å². The Labute approximate surface area is 116 Å². The van der Waals surface area contributed by atoms with Crippen LogP contribution in [0.1, 0.15) is 31.1 Å². The predicted molar refractivity (Wildman–Crippen MR) is 70.4 cm³/mol. The minimum Gasteiger partial charge on any atom is -0.387 e. The van der Waals surface area contributed by atoms with Gasteiger partial charge in [-0.25, -0.2) is 0 Å². The number of rotatable bonds is 7. The lowest BCUT2D eigenvalue weighted by molar-refractivity contribution is -0.137. The summed E-state index contributed by atoms with van der Waals surface area (Å²) in [4.78, 5) is 0. The first-order valence-electron chi connectivity index (χ1n) is 6.52. The van der Waals surface area contributed by atoms with Gasteiger partial charge in [0, 0.05) is 19.7 Å². The van der Waals surface area contributed by atoms with E-state index in [2.05, 4.69) is 5.32 Å². The zero-order valence-electron chi connectivity index (χ0n) is 11.6. The monoisotopic (exact) mass is 291 g/mol. The minimum absolute atomic E-state index is 0.00582. The normalized spacial score (nSPS) is 15.1. The first-order chi connectivity index (χ1) is 9.34. The number of benzene rings is 1. The number of aliphatic hydroxyl groups is 1. The highest BCUT2D eigenvalue weighted by Gasteiger charge is 2.30. The van der Waals surface area contributed by atoms with E-state index in [1.807, 2.05) is 13.8 Å². The molecule has 0 heterocycles. The van der Waals surface area contributed by atoms with E-state index in [1.165, 1.54) is 12.1 Å². The maximum absolute atomic E-state index is 12.6. The van der Waals surface area contributed by atoms with Gasteiger partial charge in [0.25, 0.3) is 0 Å². The van der Waals surface area contributed by atoms with Crippen LogP contribution in [0.15, 0.2) is 24.3 Å². The van der Waals surface area contributed by atoms with Crippen molar-refractivity contribution in [3.63, 3.8) is 0 Å². The van der Waals surface area contributed by atoms with Crippen molar-refractivity contribution in [2.75, 3.05) is 19.7 Å². The molecule has 0 aliphatic rings. The molecule has 0 saturated heterocycles. The minimum atomic E-state index is -4.40. The molecule has 0 amide bonds. The van der Waals surface area contributed by atoms with Gasteiger partial charge >= 0.3 is 6.18 Å². The zero-order valence-corrected chi connectivity index (χ0v) is 11.6. The summed E-state index contributed by atoms with van der Waals surface area (Å²) in [5, 5.41) is 12.9. The Kier molecular flexibility index (Phi) is 6.45. The van der Waals surface area contributed by atoms with Crippen molar-refractivity contribution >= 4 is 0 Å². The molecule has 0 radical (unpaired) electrons. The van der Waals surface area contributed by atoms with Crippen molar-refractivity contribution in [3.8, 4) is 0 Å². The summed E-state index contributed by atoms with van der Waals surface area (Å²) in [5.74, 6) is 0. The first-order valence-corrected chi connectivity index (χ1v) is 6.52. The Morgan fingerprint density at radius 1 is 1.30 bits per heavy atom. The van der Waals surface area contributed by atoms with E-state index in [0.717, 1.165) is 12.1 Å². The molecular weight excluding hydrogens is 271 g/mol. The molecule has 20 heavy (non-hydrogen) atoms. The summed E-state index contributed by atoms with van der Waals surface area (Å²) in [7, 11) is 0. The molecule has 3 nitrogen and oxygen atoms in total. The molecule has 1 aromatic rings. The summed E-state index contributed by atoms with van der Waals surface area (Å²) in [6.07, 6.45) is -5.38. The summed E-state index contributed by atoms with van der Waals surface area (Å²) >= 11 is 0. The molecule has 6 heteroatoms. The van der Waals surface area contributed by atoms with Crippen LogP contribution in [-0.2, 0) is 10.9 Å². The highest BCUT2D eigenvalue weighted by atomic mass is 19.4. The first kappa shape index (κ1) is 16.9. The van der Waals surface area contributed by atoms with Gasteiger partial charge in [0.1, 0.15) is 0 Å². The van der Waals surface area contributed by atoms with Crippen molar-refractivity contribution in [2.45, 2.75) is 32.2 Å². The molecular formula is C14H20F3NO2. The molecule has 0 bridgehead atoms. The fourth-order valence-electron chi connectivity index (χ4n) is 1.81. The van der Waals surface area contributed by atoms with Crippen LogP contribution in [0.5, 0.6) is 0 Å². The molecule has 114 valence electrons. The van der Waals surface area contributed by atoms with Crippen LogP contribution in [0.3, 0.4) is 0 Å². The second kappa shape index (κ2) is 7.61. The molecule has 0 aromatic heterocycles. The van der Waals surface area contributed by atoms with E-state index in [4.69, 9.17) is 4.74 Å². The average Bonchev–Trinajstić information content (AvgIpc) is 2.38. The van der Waals surface area contributed by atoms with E-state index < -0.39 is 17.8 Å². The highest BCUT2D eigenvalue weighted by Crippen LogP contribution is 2.30. The third-order valence-corrected chi connectivity index (χ3v) is 2.82. The number of alkyl halides is 3. The highest BCUT2D eigenvalue weighted by molar-refractivity contribution is 5.27. The molecule has 2 N–H and O–H groups in total. The summed E-state index contributed by atoms with van der Waals surface area (Å²) in [5.41, 5.74) is -0.506. The van der Waals surface area contributed by atoms with Crippen molar-refractivity contribution in [1.29, 1.82) is 0 Å². The Morgan fingerprint density at radius 2 is 2.00 bits per heavy atom. The van der Waals surface area contributed by atoms with Gasteiger partial charge in [0.15, 0.2) is 0 Å². The van der Waals surface area contributed by atoms with E-state index in [-0.39, 0.29) is 18.2 Å².